The van der Waals surface area contributed by atoms with Crippen LogP contribution in [0.15, 0.2) is 41.7 Å². The first-order valence-corrected chi connectivity index (χ1v) is 11.5. The Morgan fingerprint density at radius 2 is 2.00 bits per heavy atom. The molecule has 0 spiro atoms. The Morgan fingerprint density at radius 3 is 2.60 bits per heavy atom. The molecular weight excluding hydrogens is 451 g/mol. The third kappa shape index (κ3) is 5.45. The van der Waals surface area contributed by atoms with Gasteiger partial charge in [-0.15, -0.1) is 11.3 Å². The Hall–Kier alpha value is -2.27. The van der Waals surface area contributed by atoms with Gasteiger partial charge in [0.25, 0.3) is 0 Å². The van der Waals surface area contributed by atoms with Gasteiger partial charge in [0.2, 0.25) is 10.0 Å². The number of carbonyl (C=O) groups excluding carboxylic acids is 1. The van der Waals surface area contributed by atoms with Gasteiger partial charge in [-0.05, 0) is 31.0 Å². The van der Waals surface area contributed by atoms with E-state index in [2.05, 4.69) is 19.7 Å². The Balaban J connectivity index is 1.61. The van der Waals surface area contributed by atoms with Gasteiger partial charge < -0.3 is 0 Å². The first-order chi connectivity index (χ1) is 14.2. The van der Waals surface area contributed by atoms with Crippen LogP contribution in [0, 0.1) is 12.7 Å². The number of aryl methyl sites for hydroxylation is 1. The van der Waals surface area contributed by atoms with E-state index >= 15 is 0 Å². The highest BCUT2D eigenvalue weighted by atomic mass is 35.5. The molecule has 0 aliphatic rings. The summed E-state index contributed by atoms with van der Waals surface area (Å²) in [5.74, 6) is -0.852. The summed E-state index contributed by atoms with van der Waals surface area (Å²) in [4.78, 5) is 25.7. The number of thiazole rings is 1. The highest BCUT2D eigenvalue weighted by Crippen LogP contribution is 2.26. The van der Waals surface area contributed by atoms with Crippen molar-refractivity contribution in [1.82, 2.24) is 19.7 Å². The molecular formula is C19H18ClFN4O3S2. The Kier molecular flexibility index (Phi) is 6.91. The normalized spacial score (nSPS) is 12.7. The van der Waals surface area contributed by atoms with Crippen molar-refractivity contribution < 1.29 is 17.6 Å². The van der Waals surface area contributed by atoms with Gasteiger partial charge >= 0.3 is 0 Å². The zero-order chi connectivity index (χ0) is 21.9. The molecule has 3 aromatic rings. The Bertz CT molecular complexity index is 1170. The number of rotatable bonds is 8. The van der Waals surface area contributed by atoms with Gasteiger partial charge in [0, 0.05) is 17.5 Å². The van der Waals surface area contributed by atoms with Gasteiger partial charge in [-0.3, -0.25) is 9.78 Å². The van der Waals surface area contributed by atoms with Crippen LogP contribution in [-0.4, -0.2) is 29.2 Å². The van der Waals surface area contributed by atoms with Crippen LogP contribution >= 0.6 is 22.9 Å². The molecule has 0 fully saturated rings. The summed E-state index contributed by atoms with van der Waals surface area (Å²) in [5, 5.41) is 0.655. The number of halogens is 2. The minimum Gasteiger partial charge on any atom is -0.292 e. The highest BCUT2D eigenvalue weighted by Gasteiger charge is 2.18. The smallest absolute Gasteiger partial charge is 0.240 e. The molecule has 1 N–H and O–H groups in total. The lowest BCUT2D eigenvalue weighted by Gasteiger charge is -2.09. The van der Waals surface area contributed by atoms with Crippen molar-refractivity contribution in [3.63, 3.8) is 0 Å². The molecule has 1 unspecified atom stereocenters. The number of hydrogen-bond acceptors (Lipinski definition) is 7. The molecule has 1 aromatic carbocycles. The van der Waals surface area contributed by atoms with E-state index in [9.17, 15) is 17.6 Å². The molecule has 11 heteroatoms. The first-order valence-electron chi connectivity index (χ1n) is 8.87. The second-order valence-electron chi connectivity index (χ2n) is 6.60. The van der Waals surface area contributed by atoms with E-state index in [1.165, 1.54) is 12.4 Å². The molecule has 1 atom stereocenters. The number of hydrogen-bond donors (Lipinski definition) is 1. The van der Waals surface area contributed by atoms with E-state index in [4.69, 9.17) is 11.6 Å². The molecule has 0 bridgehead atoms. The van der Waals surface area contributed by atoms with E-state index < -0.39 is 15.8 Å². The van der Waals surface area contributed by atoms with Gasteiger partial charge in [-0.1, -0.05) is 18.5 Å². The maximum absolute atomic E-state index is 13.2. The molecule has 2 heterocycles. The molecule has 0 radical (unpaired) electrons. The van der Waals surface area contributed by atoms with Crippen molar-refractivity contribution in [1.29, 1.82) is 0 Å². The van der Waals surface area contributed by atoms with Crippen LogP contribution in [0.1, 0.15) is 45.3 Å². The van der Waals surface area contributed by atoms with Crippen LogP contribution < -0.4 is 4.72 Å². The number of Topliss-reactive ketones (excluding diaryl/α,β-unsaturated/α-hetero) is 1. The quantitative estimate of drug-likeness (QED) is 0.503. The van der Waals surface area contributed by atoms with Gasteiger partial charge in [-0.25, -0.2) is 27.5 Å². The SMILES string of the molecule is Cc1ncc(C(C)CC(=O)c2cnc(CNS(=O)(=O)c3ccc(F)c(Cl)c3)cn2)s1. The lowest BCUT2D eigenvalue weighted by atomic mass is 10.0. The van der Waals surface area contributed by atoms with Crippen LogP contribution in [0.2, 0.25) is 5.02 Å². The maximum atomic E-state index is 13.2. The van der Waals surface area contributed by atoms with Crippen LogP contribution in [0.25, 0.3) is 0 Å². The first kappa shape index (κ1) is 22.4. The largest absolute Gasteiger partial charge is 0.292 e. The van der Waals surface area contributed by atoms with Crippen LogP contribution in [-0.2, 0) is 16.6 Å². The minimum atomic E-state index is -3.91. The summed E-state index contributed by atoms with van der Waals surface area (Å²) >= 11 is 7.19. The van der Waals surface area contributed by atoms with Gasteiger partial charge in [-0.2, -0.15) is 0 Å². The average molecular weight is 469 g/mol. The summed E-state index contributed by atoms with van der Waals surface area (Å²) in [5.41, 5.74) is 0.537. The van der Waals surface area contributed by atoms with Gasteiger partial charge in [0.15, 0.2) is 5.78 Å². The second-order valence-corrected chi connectivity index (χ2v) is 10.0. The summed E-state index contributed by atoms with van der Waals surface area (Å²) in [7, 11) is -3.91. The topological polar surface area (TPSA) is 102 Å². The van der Waals surface area contributed by atoms with Crippen LogP contribution in [0.5, 0.6) is 0 Å². The van der Waals surface area contributed by atoms with Crippen LogP contribution in [0.3, 0.4) is 0 Å². The fraction of sp³-hybridized carbons (Fsp3) is 0.263. The van der Waals surface area contributed by atoms with Gasteiger partial charge in [0.05, 0.1) is 39.6 Å². The van der Waals surface area contributed by atoms with Crippen LogP contribution in [0.4, 0.5) is 4.39 Å². The van der Waals surface area contributed by atoms with E-state index in [1.54, 1.807) is 17.5 Å². The standard InChI is InChI=1S/C19H18ClFN4O3S2/c1-11(19-10-22-12(2)29-19)5-18(26)17-9-23-13(7-24-17)8-25-30(27,28)14-3-4-16(21)15(20)6-14/h3-4,6-7,9-11,25H,5,8H2,1-2H3. The molecule has 0 aliphatic carbocycles. The van der Waals surface area contributed by atoms with Gasteiger partial charge in [0.1, 0.15) is 11.5 Å². The zero-order valence-corrected chi connectivity index (χ0v) is 18.5. The summed E-state index contributed by atoms with van der Waals surface area (Å²) in [6.45, 7) is 3.71. The molecule has 7 nitrogen and oxygen atoms in total. The summed E-state index contributed by atoms with van der Waals surface area (Å²) < 4.78 is 40.2. The monoisotopic (exact) mass is 468 g/mol. The molecule has 0 aliphatic heterocycles. The van der Waals surface area contributed by atoms with Crippen molar-refractivity contribution in [3.05, 3.63) is 68.9 Å². The molecule has 158 valence electrons. The Morgan fingerprint density at radius 1 is 1.23 bits per heavy atom. The highest BCUT2D eigenvalue weighted by molar-refractivity contribution is 7.89. The van der Waals surface area contributed by atoms with Crippen molar-refractivity contribution in [2.75, 3.05) is 0 Å². The number of sulfonamides is 1. The van der Waals surface area contributed by atoms with Crippen molar-refractivity contribution >= 4 is 38.7 Å². The molecule has 0 amide bonds. The maximum Gasteiger partial charge on any atom is 0.240 e. The second kappa shape index (κ2) is 9.25. The fourth-order valence-corrected chi connectivity index (χ4v) is 4.68. The summed E-state index contributed by atoms with van der Waals surface area (Å²) in [6.07, 6.45) is 4.71. The average Bonchev–Trinajstić information content (AvgIpc) is 3.15. The third-order valence-electron chi connectivity index (χ3n) is 4.25. The van der Waals surface area contributed by atoms with Crippen molar-refractivity contribution in [3.8, 4) is 0 Å². The molecule has 0 saturated heterocycles. The molecule has 0 saturated carbocycles. The lowest BCUT2D eigenvalue weighted by Crippen LogP contribution is -2.24. The predicted octanol–water partition coefficient (Wildman–Crippen LogP) is 3.89. The van der Waals surface area contributed by atoms with E-state index in [0.717, 1.165) is 28.1 Å². The van der Waals surface area contributed by atoms with Crippen molar-refractivity contribution in [2.45, 2.75) is 37.6 Å². The molecule has 2 aromatic heterocycles. The minimum absolute atomic E-state index is 0.0134. The van der Waals surface area contributed by atoms with Crippen molar-refractivity contribution in [2.24, 2.45) is 0 Å². The number of aromatic nitrogens is 3. The molecule has 3 rings (SSSR count). The fourth-order valence-electron chi connectivity index (χ4n) is 2.58. The molecule has 30 heavy (non-hydrogen) atoms. The van der Waals surface area contributed by atoms with E-state index in [-0.39, 0.29) is 40.3 Å². The van der Waals surface area contributed by atoms with E-state index in [0.29, 0.717) is 5.69 Å². The number of nitrogens with zero attached hydrogens (tertiary/aromatic N) is 3. The predicted molar refractivity (Wildman–Crippen MR) is 112 cm³/mol. The number of benzene rings is 1. The summed E-state index contributed by atoms with van der Waals surface area (Å²) in [6, 6.07) is 3.12. The third-order valence-corrected chi connectivity index (χ3v) is 7.08. The lowest BCUT2D eigenvalue weighted by molar-refractivity contribution is 0.0970. The Labute approximate surface area is 182 Å². The number of ketones is 1. The number of carbonyl (C=O) groups is 1. The zero-order valence-electron chi connectivity index (χ0n) is 16.1. The number of nitrogens with one attached hydrogen (secondary N) is 1. The van der Waals surface area contributed by atoms with E-state index in [1.807, 2.05) is 13.8 Å².